The van der Waals surface area contributed by atoms with Gasteiger partial charge >= 0.3 is 0 Å². The van der Waals surface area contributed by atoms with Crippen molar-refractivity contribution in [1.82, 2.24) is 19.7 Å². The lowest BCUT2D eigenvalue weighted by atomic mass is 9.98. The van der Waals surface area contributed by atoms with Crippen LogP contribution in [0.3, 0.4) is 0 Å². The van der Waals surface area contributed by atoms with E-state index in [0.717, 1.165) is 33.6 Å². The lowest BCUT2D eigenvalue weighted by molar-refractivity contribution is -0.132. The molecule has 0 saturated heterocycles. The summed E-state index contributed by atoms with van der Waals surface area (Å²) < 4.78 is 6.90. The zero-order valence-corrected chi connectivity index (χ0v) is 15.7. The number of methoxy groups -OCH3 is 1. The lowest BCUT2D eigenvalue weighted by Gasteiger charge is -2.14. The zero-order chi connectivity index (χ0) is 19.7. The molecule has 7 heteroatoms. The van der Waals surface area contributed by atoms with Crippen LogP contribution in [0, 0.1) is 18.3 Å². The van der Waals surface area contributed by atoms with Crippen molar-refractivity contribution in [3.63, 3.8) is 0 Å². The van der Waals surface area contributed by atoms with Crippen LogP contribution in [-0.2, 0) is 24.4 Å². The molecular weight excluding hydrogens is 354 g/mol. The summed E-state index contributed by atoms with van der Waals surface area (Å²) in [7, 11) is 1.67. The molecule has 1 aliphatic rings. The van der Waals surface area contributed by atoms with Gasteiger partial charge in [-0.15, -0.1) is 5.10 Å². The second-order valence-corrected chi connectivity index (χ2v) is 6.81. The highest BCUT2D eigenvalue weighted by Gasteiger charge is 2.24. The van der Waals surface area contributed by atoms with Gasteiger partial charge in [0.25, 0.3) is 5.82 Å². The molecule has 3 aromatic rings. The van der Waals surface area contributed by atoms with Gasteiger partial charge in [-0.3, -0.25) is 4.79 Å². The van der Waals surface area contributed by atoms with E-state index in [1.807, 2.05) is 18.2 Å². The Morgan fingerprint density at radius 2 is 2.04 bits per heavy atom. The Labute approximate surface area is 162 Å². The summed E-state index contributed by atoms with van der Waals surface area (Å²) in [5.41, 5.74) is 5.55. The molecule has 28 heavy (non-hydrogen) atoms. The highest BCUT2D eigenvalue weighted by molar-refractivity contribution is 5.77. The van der Waals surface area contributed by atoms with Gasteiger partial charge < -0.3 is 9.64 Å². The molecule has 0 saturated carbocycles. The van der Waals surface area contributed by atoms with E-state index in [1.165, 1.54) is 11.0 Å². The quantitative estimate of drug-likeness (QED) is 0.702. The molecule has 2 heterocycles. The zero-order valence-electron chi connectivity index (χ0n) is 15.7. The van der Waals surface area contributed by atoms with Gasteiger partial charge in [0.05, 0.1) is 7.11 Å². The number of rotatable bonds is 4. The number of nitrogens with zero attached hydrogens (tertiary/aromatic N) is 5. The van der Waals surface area contributed by atoms with E-state index in [0.29, 0.717) is 13.1 Å². The summed E-state index contributed by atoms with van der Waals surface area (Å²) >= 11 is 0. The minimum absolute atomic E-state index is 0.0553. The van der Waals surface area contributed by atoms with Crippen molar-refractivity contribution < 1.29 is 9.53 Å². The van der Waals surface area contributed by atoms with Crippen LogP contribution in [0.1, 0.15) is 22.5 Å². The third-order valence-electron chi connectivity index (χ3n) is 4.88. The van der Waals surface area contributed by atoms with E-state index in [1.54, 1.807) is 12.0 Å². The average Bonchev–Trinajstić information content (AvgIpc) is 3.33. The number of carbonyl (C=O) groups is 1. The Morgan fingerprint density at radius 3 is 2.79 bits per heavy atom. The monoisotopic (exact) mass is 373 g/mol. The van der Waals surface area contributed by atoms with Crippen LogP contribution in [0.2, 0.25) is 0 Å². The van der Waals surface area contributed by atoms with Crippen LogP contribution in [0.5, 0.6) is 5.75 Å². The summed E-state index contributed by atoms with van der Waals surface area (Å²) in [5, 5.41) is 12.8. The molecule has 4 rings (SSSR count). The molecule has 0 spiro atoms. The fourth-order valence-electron chi connectivity index (χ4n) is 3.45. The molecular formula is C21H19N5O2. The maximum atomic E-state index is 12.6. The van der Waals surface area contributed by atoms with E-state index < -0.39 is 0 Å². The van der Waals surface area contributed by atoms with Gasteiger partial charge in [0.2, 0.25) is 5.91 Å². The number of aromatic nitrogens is 3. The Morgan fingerprint density at radius 1 is 1.21 bits per heavy atom. The molecule has 0 fully saturated rings. The number of nitriles is 1. The molecule has 1 amide bonds. The molecule has 0 unspecified atom stereocenters. The molecule has 0 radical (unpaired) electrons. The molecule has 1 aliphatic heterocycles. The number of fused-ring (bicyclic) bond motifs is 1. The van der Waals surface area contributed by atoms with Gasteiger partial charge in [-0.05, 0) is 41.8 Å². The Balaban J connectivity index is 1.54. The first-order valence-corrected chi connectivity index (χ1v) is 8.91. The predicted molar refractivity (Wildman–Crippen MR) is 102 cm³/mol. The number of aryl methyl sites for hydroxylation is 1. The minimum Gasteiger partial charge on any atom is -0.496 e. The van der Waals surface area contributed by atoms with Crippen LogP contribution >= 0.6 is 0 Å². The van der Waals surface area contributed by atoms with E-state index in [4.69, 9.17) is 10.00 Å². The third kappa shape index (κ3) is 3.32. The van der Waals surface area contributed by atoms with Crippen molar-refractivity contribution in [3.8, 4) is 22.9 Å². The Bertz CT molecular complexity index is 1100. The van der Waals surface area contributed by atoms with Crippen LogP contribution in [-0.4, -0.2) is 32.7 Å². The van der Waals surface area contributed by atoms with E-state index in [2.05, 4.69) is 41.3 Å². The number of amides is 1. The van der Waals surface area contributed by atoms with Gasteiger partial charge in [-0.2, -0.15) is 5.26 Å². The molecule has 2 aromatic carbocycles. The first kappa shape index (κ1) is 17.7. The molecule has 0 aliphatic carbocycles. The second kappa shape index (κ2) is 7.16. The SMILES string of the molecule is COc1ccc(C)cc1-c1ccc2c(c1)CN(C(=O)Cn1cnc(C#N)n1)C2. The fraction of sp³-hybridized carbons (Fsp3) is 0.238. The number of hydrogen-bond donors (Lipinski definition) is 0. The van der Waals surface area contributed by atoms with Crippen molar-refractivity contribution in [3.05, 3.63) is 65.2 Å². The summed E-state index contributed by atoms with van der Waals surface area (Å²) in [6, 6.07) is 14.2. The van der Waals surface area contributed by atoms with Crippen LogP contribution < -0.4 is 4.74 Å². The van der Waals surface area contributed by atoms with Crippen LogP contribution in [0.25, 0.3) is 11.1 Å². The molecule has 0 bridgehead atoms. The van der Waals surface area contributed by atoms with Crippen molar-refractivity contribution in [1.29, 1.82) is 5.26 Å². The minimum atomic E-state index is -0.0553. The highest BCUT2D eigenvalue weighted by Crippen LogP contribution is 2.34. The van der Waals surface area contributed by atoms with E-state index in [9.17, 15) is 4.79 Å². The fourth-order valence-corrected chi connectivity index (χ4v) is 3.45. The van der Waals surface area contributed by atoms with Gasteiger partial charge in [-0.1, -0.05) is 23.8 Å². The third-order valence-corrected chi connectivity index (χ3v) is 4.88. The molecule has 140 valence electrons. The summed E-state index contributed by atoms with van der Waals surface area (Å²) in [5.74, 6) is 0.838. The van der Waals surface area contributed by atoms with E-state index in [-0.39, 0.29) is 18.3 Å². The maximum absolute atomic E-state index is 12.6. The maximum Gasteiger partial charge on any atom is 0.252 e. The topological polar surface area (TPSA) is 84.0 Å². The highest BCUT2D eigenvalue weighted by atomic mass is 16.5. The Kier molecular flexibility index (Phi) is 4.53. The molecule has 1 aromatic heterocycles. The van der Waals surface area contributed by atoms with Gasteiger partial charge in [0.1, 0.15) is 24.7 Å². The second-order valence-electron chi connectivity index (χ2n) is 6.81. The van der Waals surface area contributed by atoms with Crippen molar-refractivity contribution in [2.24, 2.45) is 0 Å². The summed E-state index contributed by atoms with van der Waals surface area (Å²) in [6.07, 6.45) is 1.40. The van der Waals surface area contributed by atoms with Gasteiger partial charge in [0, 0.05) is 18.7 Å². The largest absolute Gasteiger partial charge is 0.496 e. The number of benzene rings is 2. The average molecular weight is 373 g/mol. The number of hydrogen-bond acceptors (Lipinski definition) is 5. The lowest BCUT2D eigenvalue weighted by Crippen LogP contribution is -2.29. The van der Waals surface area contributed by atoms with Crippen molar-refractivity contribution in [2.75, 3.05) is 7.11 Å². The van der Waals surface area contributed by atoms with E-state index >= 15 is 0 Å². The van der Waals surface area contributed by atoms with Gasteiger partial charge in [-0.25, -0.2) is 9.67 Å². The normalized spacial score (nSPS) is 12.5. The number of ether oxygens (including phenoxy) is 1. The molecule has 7 nitrogen and oxygen atoms in total. The Hall–Kier alpha value is -3.66. The van der Waals surface area contributed by atoms with Crippen molar-refractivity contribution in [2.45, 2.75) is 26.6 Å². The number of carbonyl (C=O) groups excluding carboxylic acids is 1. The first-order chi connectivity index (χ1) is 13.6. The predicted octanol–water partition coefficient (Wildman–Crippen LogP) is 2.68. The molecule has 0 N–H and O–H groups in total. The van der Waals surface area contributed by atoms with Crippen LogP contribution in [0.15, 0.2) is 42.7 Å². The molecule has 0 atom stereocenters. The standard InChI is InChI=1S/C21H19N5O2/c1-14-3-6-19(28-2)18(7-14)15-4-5-16-10-25(11-17(16)8-15)21(27)12-26-13-23-20(9-22)24-26/h3-8,13H,10-12H2,1-2H3. The van der Waals surface area contributed by atoms with Crippen LogP contribution in [0.4, 0.5) is 0 Å². The van der Waals surface area contributed by atoms with Gasteiger partial charge in [0.15, 0.2) is 0 Å². The summed E-state index contributed by atoms with van der Waals surface area (Å²) in [6.45, 7) is 3.24. The smallest absolute Gasteiger partial charge is 0.252 e. The summed E-state index contributed by atoms with van der Waals surface area (Å²) in [4.78, 5) is 18.2. The van der Waals surface area contributed by atoms with Crippen molar-refractivity contribution >= 4 is 5.91 Å². The first-order valence-electron chi connectivity index (χ1n) is 8.91.